The largest absolute Gasteiger partial charge is 1.00 e. The first-order chi connectivity index (χ1) is 18.3. The quantitative estimate of drug-likeness (QED) is 0.274. The smallest absolute Gasteiger partial charge is 0.348 e. The number of esters is 2. The van der Waals surface area contributed by atoms with Crippen LogP contribution in [0.3, 0.4) is 0 Å². The Kier molecular flexibility index (Phi) is 9.70. The molecule has 1 aromatic carbocycles. The summed E-state index contributed by atoms with van der Waals surface area (Å²) < 4.78 is 12.1. The summed E-state index contributed by atoms with van der Waals surface area (Å²) in [5.41, 5.74) is 1.78. The third-order valence-electron chi connectivity index (χ3n) is 8.49. The minimum atomic E-state index is -1.77. The molecule has 4 heterocycles. The highest BCUT2D eigenvalue weighted by atomic mass is 79.9. The molecule has 0 spiro atoms. The van der Waals surface area contributed by atoms with E-state index in [1.807, 2.05) is 28.4 Å². The van der Waals surface area contributed by atoms with Crippen molar-refractivity contribution in [3.05, 3.63) is 80.2 Å². The molecule has 0 aliphatic carbocycles. The molecule has 39 heavy (non-hydrogen) atoms. The average molecular weight is 635 g/mol. The van der Waals surface area contributed by atoms with Crippen LogP contribution in [0.5, 0.6) is 0 Å². The number of thiophene rings is 2. The lowest BCUT2D eigenvalue weighted by Gasteiger charge is -2.47. The molecule has 2 saturated heterocycles. The number of quaternary nitrogens is 1. The zero-order valence-corrected chi connectivity index (χ0v) is 25.6. The topological polar surface area (TPSA) is 72.8 Å². The van der Waals surface area contributed by atoms with E-state index in [9.17, 15) is 14.7 Å². The molecule has 210 valence electrons. The number of halogens is 1. The van der Waals surface area contributed by atoms with Gasteiger partial charge in [0.15, 0.2) is 0 Å². The summed E-state index contributed by atoms with van der Waals surface area (Å²) in [6, 6.07) is 13.0. The van der Waals surface area contributed by atoms with Crippen LogP contribution in [0, 0.1) is 0 Å². The molecule has 0 saturated carbocycles. The van der Waals surface area contributed by atoms with E-state index in [4.69, 9.17) is 9.47 Å². The summed E-state index contributed by atoms with van der Waals surface area (Å²) in [5.74, 6) is -0.730. The number of carbonyl (C=O) groups is 2. The van der Waals surface area contributed by atoms with Gasteiger partial charge in [-0.25, -0.2) is 4.79 Å². The lowest BCUT2D eigenvalue weighted by atomic mass is 9.89. The highest BCUT2D eigenvalue weighted by Crippen LogP contribution is 2.44. The summed E-state index contributed by atoms with van der Waals surface area (Å²) >= 11 is 2.92. The Morgan fingerprint density at radius 3 is 2.05 bits per heavy atom. The van der Waals surface area contributed by atoms with Crippen LogP contribution in [0.25, 0.3) is 0 Å². The monoisotopic (exact) mass is 633 g/mol. The van der Waals surface area contributed by atoms with Gasteiger partial charge in [-0.3, -0.25) is 4.79 Å². The first-order valence-electron chi connectivity index (χ1n) is 13.4. The van der Waals surface area contributed by atoms with Crippen molar-refractivity contribution in [1.29, 1.82) is 0 Å². The number of aliphatic hydroxyl groups is 1. The van der Waals surface area contributed by atoms with Crippen molar-refractivity contribution in [2.24, 2.45) is 0 Å². The second-order valence-corrected chi connectivity index (χ2v) is 12.3. The number of piperidine rings is 1. The number of carbonyl (C=O) groups excluding carboxylic acids is 2. The fraction of sp³-hybridized carbons (Fsp3) is 0.467. The predicted molar refractivity (Wildman–Crippen MR) is 149 cm³/mol. The molecule has 0 amide bonds. The second-order valence-electron chi connectivity index (χ2n) is 10.7. The van der Waals surface area contributed by atoms with Crippen LogP contribution in [0.15, 0.2) is 57.9 Å². The number of nitrogens with zero attached hydrogens (tertiary/aromatic N) is 1. The molecular weight excluding hydrogens is 598 g/mol. The first kappa shape index (κ1) is 29.9. The van der Waals surface area contributed by atoms with Gasteiger partial charge >= 0.3 is 11.9 Å². The molecule has 9 heteroatoms. The zero-order chi connectivity index (χ0) is 26.8. The van der Waals surface area contributed by atoms with Crippen LogP contribution in [0.4, 0.5) is 0 Å². The third-order valence-corrected chi connectivity index (χ3v) is 9.85. The molecule has 1 N–H and O–H groups in total. The fourth-order valence-corrected chi connectivity index (χ4v) is 7.71. The van der Waals surface area contributed by atoms with Crippen LogP contribution >= 0.6 is 22.7 Å². The van der Waals surface area contributed by atoms with Gasteiger partial charge in [-0.1, -0.05) is 24.3 Å². The number of fused-ring (bicyclic) bond motifs is 2. The van der Waals surface area contributed by atoms with Crippen molar-refractivity contribution in [2.45, 2.75) is 75.8 Å². The van der Waals surface area contributed by atoms with Crippen molar-refractivity contribution in [1.82, 2.24) is 0 Å². The summed E-state index contributed by atoms with van der Waals surface area (Å²) in [4.78, 5) is 25.1. The van der Waals surface area contributed by atoms with E-state index >= 15 is 0 Å². The van der Waals surface area contributed by atoms with Crippen molar-refractivity contribution in [3.63, 3.8) is 0 Å². The molecule has 4 atom stereocenters. The fourth-order valence-electron chi connectivity index (χ4n) is 6.31. The lowest BCUT2D eigenvalue weighted by molar-refractivity contribution is -0.961. The molecule has 2 bridgehead atoms. The summed E-state index contributed by atoms with van der Waals surface area (Å²) in [6.07, 6.45) is 4.74. The Balaban J connectivity index is 0.00000353. The summed E-state index contributed by atoms with van der Waals surface area (Å²) in [7, 11) is 2.34. The van der Waals surface area contributed by atoms with Crippen LogP contribution < -0.4 is 17.0 Å². The van der Waals surface area contributed by atoms with Gasteiger partial charge in [-0.05, 0) is 52.6 Å². The number of aryl methyl sites for hydroxylation is 1. The van der Waals surface area contributed by atoms with Gasteiger partial charge in [0.1, 0.15) is 12.6 Å². The Hall–Kier alpha value is -2.04. The van der Waals surface area contributed by atoms with Gasteiger partial charge in [0.2, 0.25) is 5.60 Å². The summed E-state index contributed by atoms with van der Waals surface area (Å²) in [5, 5.41) is 19.0. The van der Waals surface area contributed by atoms with E-state index in [0.717, 1.165) is 42.3 Å². The van der Waals surface area contributed by atoms with Crippen molar-refractivity contribution in [3.8, 4) is 0 Å². The Bertz CT molecular complexity index is 1180. The van der Waals surface area contributed by atoms with Crippen LogP contribution in [0.1, 0.15) is 61.3 Å². The molecule has 5 rings (SSSR count). The number of benzene rings is 1. The molecule has 2 aliphatic rings. The van der Waals surface area contributed by atoms with E-state index in [1.165, 1.54) is 28.2 Å². The van der Waals surface area contributed by atoms with Gasteiger partial charge in [0.25, 0.3) is 0 Å². The normalized spacial score (nSPS) is 24.1. The highest BCUT2D eigenvalue weighted by molar-refractivity contribution is 7.08. The Morgan fingerprint density at radius 2 is 1.54 bits per heavy atom. The molecule has 2 aromatic heterocycles. The van der Waals surface area contributed by atoms with Crippen molar-refractivity contribution >= 4 is 34.6 Å². The number of hydrogen-bond acceptors (Lipinski definition) is 7. The number of rotatable bonds is 10. The van der Waals surface area contributed by atoms with Crippen LogP contribution in [0.2, 0.25) is 0 Å². The van der Waals surface area contributed by atoms with Gasteiger partial charge < -0.3 is 36.0 Å². The lowest BCUT2D eigenvalue weighted by Crippen LogP contribution is -3.00. The molecule has 2 aliphatic heterocycles. The molecule has 0 unspecified atom stereocenters. The van der Waals surface area contributed by atoms with E-state index in [2.05, 4.69) is 31.3 Å². The van der Waals surface area contributed by atoms with E-state index < -0.39 is 11.6 Å². The molecule has 0 radical (unpaired) electrons. The van der Waals surface area contributed by atoms with Gasteiger partial charge in [0.05, 0.1) is 25.7 Å². The second kappa shape index (κ2) is 12.6. The van der Waals surface area contributed by atoms with E-state index in [0.29, 0.717) is 42.7 Å². The Morgan fingerprint density at radius 1 is 0.974 bits per heavy atom. The minimum Gasteiger partial charge on any atom is -1.00 e. The van der Waals surface area contributed by atoms with E-state index in [-0.39, 0.29) is 29.1 Å². The van der Waals surface area contributed by atoms with E-state index in [1.54, 1.807) is 12.1 Å². The average Bonchev–Trinajstić information content (AvgIpc) is 3.66. The zero-order valence-electron chi connectivity index (χ0n) is 22.4. The van der Waals surface area contributed by atoms with Crippen molar-refractivity contribution in [2.75, 3.05) is 13.7 Å². The molecule has 6 nitrogen and oxygen atoms in total. The number of hydrogen-bond donors (Lipinski definition) is 1. The maximum Gasteiger partial charge on any atom is 0.348 e. The predicted octanol–water partition coefficient (Wildman–Crippen LogP) is 2.43. The number of ether oxygens (including phenoxy) is 2. The van der Waals surface area contributed by atoms with Crippen molar-refractivity contribution < 1.29 is 45.6 Å². The van der Waals surface area contributed by atoms with Gasteiger partial charge in [-0.15, -0.1) is 0 Å². The highest BCUT2D eigenvalue weighted by Gasteiger charge is 2.53. The molecule has 3 aromatic rings. The standard InChI is InChI=1S/C30H36NO5S2.BrH/c1-3-35-28(32)11-8-21-4-6-22(7-5-21)18-31(2)25-9-10-26(31)17-27(16-25)36-29(33)30(34,23-12-14-37-19-23)24-13-15-38-20-24;/h4-7,12-15,19-20,25-27,34H,3,8-11,16-18H2,1-2H3;1H/q+1;/p-1/t25-,26+,27+,31-;. The minimum absolute atomic E-state index is 0. The summed E-state index contributed by atoms with van der Waals surface area (Å²) in [6.45, 7) is 3.18. The maximum atomic E-state index is 13.5. The van der Waals surface area contributed by atoms with Crippen LogP contribution in [-0.4, -0.2) is 53.4 Å². The Labute approximate surface area is 248 Å². The van der Waals surface area contributed by atoms with Gasteiger partial charge in [0, 0.05) is 48.8 Å². The first-order valence-corrected chi connectivity index (χ1v) is 15.3. The maximum absolute atomic E-state index is 13.5. The van der Waals surface area contributed by atoms with Crippen LogP contribution in [-0.2, 0) is 37.6 Å². The molecular formula is C30H36BrNO5S2. The molecule has 2 fully saturated rings. The third kappa shape index (κ3) is 6.17. The van der Waals surface area contributed by atoms with Gasteiger partial charge in [-0.2, -0.15) is 22.7 Å². The SMILES string of the molecule is CCOC(=O)CCc1ccc(C[N@+]2(C)[C@@H]3CC[C@H]2C[C@@H](OC(=O)C(O)(c2ccsc2)c2ccsc2)C3)cc1.[Br-].